The summed E-state index contributed by atoms with van der Waals surface area (Å²) in [5.41, 5.74) is -0.445. The number of aliphatic hydroxyl groups is 1. The van der Waals surface area contributed by atoms with Gasteiger partial charge in [0.25, 0.3) is 0 Å². The molecule has 98 valence electrons. The van der Waals surface area contributed by atoms with E-state index in [4.69, 9.17) is 11.6 Å². The summed E-state index contributed by atoms with van der Waals surface area (Å²) in [6.45, 7) is 5.09. The Kier molecular flexibility index (Phi) is 3.39. The highest BCUT2D eigenvalue weighted by Crippen LogP contribution is 2.45. The molecule has 18 heavy (non-hydrogen) atoms. The fourth-order valence-corrected chi connectivity index (χ4v) is 2.84. The van der Waals surface area contributed by atoms with E-state index in [2.05, 4.69) is 0 Å². The van der Waals surface area contributed by atoms with Crippen molar-refractivity contribution in [2.24, 2.45) is 5.41 Å². The minimum atomic E-state index is -0.920. The van der Waals surface area contributed by atoms with Gasteiger partial charge in [0.05, 0.1) is 5.60 Å². The Balaban J connectivity index is 2.35. The Labute approximate surface area is 112 Å². The third kappa shape index (κ3) is 2.13. The Morgan fingerprint density at radius 3 is 2.44 bits per heavy atom. The van der Waals surface area contributed by atoms with Gasteiger partial charge in [0.15, 0.2) is 0 Å². The average molecular weight is 268 g/mol. The van der Waals surface area contributed by atoms with E-state index in [1.165, 1.54) is 0 Å². The van der Waals surface area contributed by atoms with Crippen LogP contribution >= 0.6 is 11.6 Å². The van der Waals surface area contributed by atoms with Gasteiger partial charge in [-0.2, -0.15) is 0 Å². The van der Waals surface area contributed by atoms with Crippen LogP contribution < -0.4 is 0 Å². The van der Waals surface area contributed by atoms with Crippen molar-refractivity contribution in [2.75, 3.05) is 13.1 Å². The predicted molar refractivity (Wildman–Crippen MR) is 71.4 cm³/mol. The highest BCUT2D eigenvalue weighted by molar-refractivity contribution is 6.30. The SMILES string of the molecule is CC1(C)CN(C=O)CC[C@]1(O)c1ccc(Cl)cc1. The second-order valence-corrected chi connectivity index (χ2v) is 6.01. The number of hydrogen-bond donors (Lipinski definition) is 1. The van der Waals surface area contributed by atoms with Gasteiger partial charge < -0.3 is 10.0 Å². The highest BCUT2D eigenvalue weighted by Gasteiger charge is 2.48. The van der Waals surface area contributed by atoms with Gasteiger partial charge in [-0.3, -0.25) is 4.79 Å². The van der Waals surface area contributed by atoms with Crippen LogP contribution in [0.5, 0.6) is 0 Å². The van der Waals surface area contributed by atoms with Gasteiger partial charge in [-0.1, -0.05) is 37.6 Å². The lowest BCUT2D eigenvalue weighted by molar-refractivity contribution is -0.142. The van der Waals surface area contributed by atoms with E-state index in [-0.39, 0.29) is 5.41 Å². The van der Waals surface area contributed by atoms with Crippen LogP contribution in [0.3, 0.4) is 0 Å². The quantitative estimate of drug-likeness (QED) is 0.836. The molecule has 2 rings (SSSR count). The third-order valence-electron chi connectivity index (χ3n) is 3.95. The normalized spacial score (nSPS) is 27.0. The fraction of sp³-hybridized carbons (Fsp3) is 0.500. The summed E-state index contributed by atoms with van der Waals surface area (Å²) in [6.07, 6.45) is 1.39. The number of hydrogen-bond acceptors (Lipinski definition) is 2. The first-order chi connectivity index (χ1) is 8.39. The van der Waals surface area contributed by atoms with Crippen LogP contribution in [-0.2, 0) is 10.4 Å². The highest BCUT2D eigenvalue weighted by atomic mass is 35.5. The molecule has 0 radical (unpaired) electrons. The van der Waals surface area contributed by atoms with E-state index in [9.17, 15) is 9.90 Å². The molecule has 1 aromatic rings. The van der Waals surface area contributed by atoms with Crippen LogP contribution in [0, 0.1) is 5.41 Å². The molecule has 0 aromatic heterocycles. The second-order valence-electron chi connectivity index (χ2n) is 5.58. The zero-order valence-corrected chi connectivity index (χ0v) is 11.4. The number of rotatable bonds is 2. The number of amides is 1. The van der Waals surface area contributed by atoms with E-state index < -0.39 is 5.60 Å². The van der Waals surface area contributed by atoms with Crippen LogP contribution in [-0.4, -0.2) is 29.5 Å². The van der Waals surface area contributed by atoms with Gasteiger partial charge in [-0.05, 0) is 24.1 Å². The minimum absolute atomic E-state index is 0.389. The van der Waals surface area contributed by atoms with Crippen LogP contribution in [0.15, 0.2) is 24.3 Å². The van der Waals surface area contributed by atoms with E-state index in [0.717, 1.165) is 12.0 Å². The topological polar surface area (TPSA) is 40.5 Å². The molecule has 1 N–H and O–H groups in total. The van der Waals surface area contributed by atoms with Crippen molar-refractivity contribution in [3.8, 4) is 0 Å². The number of likely N-dealkylation sites (tertiary alicyclic amines) is 1. The maximum atomic E-state index is 11.0. The zero-order chi connectivity index (χ0) is 13.4. The minimum Gasteiger partial charge on any atom is -0.384 e. The van der Waals surface area contributed by atoms with Gasteiger partial charge in [0.1, 0.15) is 0 Å². The lowest BCUT2D eigenvalue weighted by atomic mass is 9.66. The molecule has 1 aromatic carbocycles. The molecule has 1 saturated heterocycles. The monoisotopic (exact) mass is 267 g/mol. The summed E-state index contributed by atoms with van der Waals surface area (Å²) in [4.78, 5) is 12.6. The lowest BCUT2D eigenvalue weighted by Gasteiger charge is -2.49. The number of piperidine rings is 1. The molecule has 4 heteroatoms. The van der Waals surface area contributed by atoms with Gasteiger partial charge in [0.2, 0.25) is 6.41 Å². The Morgan fingerprint density at radius 1 is 1.33 bits per heavy atom. The molecular formula is C14H18ClNO2. The van der Waals surface area contributed by atoms with Gasteiger partial charge >= 0.3 is 0 Å². The molecule has 1 amide bonds. The van der Waals surface area contributed by atoms with Crippen LogP contribution in [0.1, 0.15) is 25.8 Å². The predicted octanol–water partition coefficient (Wildman–Crippen LogP) is 2.42. The molecule has 1 atom stereocenters. The molecule has 3 nitrogen and oxygen atoms in total. The van der Waals surface area contributed by atoms with Crippen molar-refractivity contribution < 1.29 is 9.90 Å². The summed E-state index contributed by atoms with van der Waals surface area (Å²) in [6, 6.07) is 7.30. The smallest absolute Gasteiger partial charge is 0.209 e. The Bertz CT molecular complexity index is 444. The summed E-state index contributed by atoms with van der Waals surface area (Å²) >= 11 is 5.88. The Hall–Kier alpha value is -1.06. The largest absolute Gasteiger partial charge is 0.384 e. The Morgan fingerprint density at radius 2 is 1.94 bits per heavy atom. The van der Waals surface area contributed by atoms with E-state index in [1.54, 1.807) is 17.0 Å². The van der Waals surface area contributed by atoms with Gasteiger partial charge in [-0.25, -0.2) is 0 Å². The maximum Gasteiger partial charge on any atom is 0.209 e. The number of carbonyl (C=O) groups excluding carboxylic acids is 1. The number of carbonyl (C=O) groups is 1. The molecule has 0 spiro atoms. The van der Waals surface area contributed by atoms with Crippen LogP contribution in [0.25, 0.3) is 0 Å². The van der Waals surface area contributed by atoms with Crippen LogP contribution in [0.4, 0.5) is 0 Å². The first-order valence-electron chi connectivity index (χ1n) is 6.07. The molecule has 0 saturated carbocycles. The van der Waals surface area contributed by atoms with Gasteiger partial charge in [-0.15, -0.1) is 0 Å². The first kappa shape index (κ1) is 13.4. The van der Waals surface area contributed by atoms with E-state index >= 15 is 0 Å². The average Bonchev–Trinajstić information content (AvgIpc) is 2.33. The molecule has 0 unspecified atom stereocenters. The van der Waals surface area contributed by atoms with E-state index in [0.29, 0.717) is 24.5 Å². The van der Waals surface area contributed by atoms with Crippen molar-refractivity contribution >= 4 is 18.0 Å². The number of nitrogens with zero attached hydrogens (tertiary/aromatic N) is 1. The maximum absolute atomic E-state index is 11.0. The molecule has 0 bridgehead atoms. The lowest BCUT2D eigenvalue weighted by Crippen LogP contribution is -2.54. The molecule has 1 aliphatic heterocycles. The number of halogens is 1. The molecular weight excluding hydrogens is 250 g/mol. The summed E-state index contributed by atoms with van der Waals surface area (Å²) < 4.78 is 0. The number of benzene rings is 1. The second kappa shape index (κ2) is 4.56. The standard InChI is InChI=1S/C14H18ClNO2/c1-13(2)9-16(10-17)8-7-14(13,18)11-3-5-12(15)6-4-11/h3-6,10,18H,7-9H2,1-2H3/t14-/m0/s1. The van der Waals surface area contributed by atoms with Crippen molar-refractivity contribution in [3.05, 3.63) is 34.9 Å². The molecule has 1 heterocycles. The fourth-order valence-electron chi connectivity index (χ4n) is 2.71. The summed E-state index contributed by atoms with van der Waals surface area (Å²) in [5, 5.41) is 11.6. The zero-order valence-electron chi connectivity index (χ0n) is 10.7. The molecule has 1 aliphatic rings. The first-order valence-corrected chi connectivity index (χ1v) is 6.45. The van der Waals surface area contributed by atoms with Crippen LogP contribution in [0.2, 0.25) is 5.02 Å². The van der Waals surface area contributed by atoms with Crippen molar-refractivity contribution in [2.45, 2.75) is 25.9 Å². The summed E-state index contributed by atoms with van der Waals surface area (Å²) in [7, 11) is 0. The molecule has 0 aliphatic carbocycles. The van der Waals surface area contributed by atoms with Crippen molar-refractivity contribution in [1.82, 2.24) is 4.90 Å². The molecule has 1 fully saturated rings. The third-order valence-corrected chi connectivity index (χ3v) is 4.20. The van der Waals surface area contributed by atoms with Gasteiger partial charge in [0, 0.05) is 23.5 Å². The van der Waals surface area contributed by atoms with E-state index in [1.807, 2.05) is 26.0 Å². The summed E-state index contributed by atoms with van der Waals surface area (Å²) in [5.74, 6) is 0. The van der Waals surface area contributed by atoms with Crippen molar-refractivity contribution in [1.29, 1.82) is 0 Å². The van der Waals surface area contributed by atoms with Crippen molar-refractivity contribution in [3.63, 3.8) is 0 Å².